The van der Waals surface area contributed by atoms with E-state index in [9.17, 15) is 13.2 Å². The Morgan fingerprint density at radius 2 is 1.73 bits per heavy atom. The van der Waals surface area contributed by atoms with Gasteiger partial charge < -0.3 is 10.3 Å². The van der Waals surface area contributed by atoms with E-state index in [1.54, 1.807) is 6.07 Å². The molecule has 1 aliphatic rings. The van der Waals surface area contributed by atoms with Crippen molar-refractivity contribution in [2.24, 2.45) is 0 Å². The highest BCUT2D eigenvalue weighted by molar-refractivity contribution is 5.85. The van der Waals surface area contributed by atoms with E-state index in [0.717, 1.165) is 32.0 Å². The van der Waals surface area contributed by atoms with Gasteiger partial charge in [-0.05, 0) is 32.0 Å². The minimum atomic E-state index is -4.40. The summed E-state index contributed by atoms with van der Waals surface area (Å²) in [4.78, 5) is 2.96. The monoisotopic (exact) mass is 332 g/mol. The fourth-order valence-electron chi connectivity index (χ4n) is 2.61. The molecule has 1 aliphatic heterocycles. The summed E-state index contributed by atoms with van der Waals surface area (Å²) in [5.41, 5.74) is -0.657. The van der Waals surface area contributed by atoms with Gasteiger partial charge in [0, 0.05) is 11.5 Å². The minimum Gasteiger partial charge on any atom is -0.325 e. The summed E-state index contributed by atoms with van der Waals surface area (Å²) < 4.78 is 39.1. The zero-order valence-corrected chi connectivity index (χ0v) is 12.5. The van der Waals surface area contributed by atoms with E-state index in [0.29, 0.717) is 5.82 Å². The predicted molar refractivity (Wildman–Crippen MR) is 78.9 cm³/mol. The maximum Gasteiger partial charge on any atom is 0.417 e. The van der Waals surface area contributed by atoms with Gasteiger partial charge in [-0.25, -0.2) is 0 Å². The van der Waals surface area contributed by atoms with Crippen molar-refractivity contribution in [2.75, 3.05) is 13.1 Å². The van der Waals surface area contributed by atoms with Gasteiger partial charge in [0.25, 0.3) is 0 Å². The van der Waals surface area contributed by atoms with Crippen molar-refractivity contribution >= 4 is 12.4 Å². The summed E-state index contributed by atoms with van der Waals surface area (Å²) in [7, 11) is 0. The number of rotatable bonds is 2. The quantitative estimate of drug-likeness (QED) is 0.886. The van der Waals surface area contributed by atoms with Crippen molar-refractivity contribution in [3.8, 4) is 11.4 Å². The van der Waals surface area contributed by atoms with Crippen LogP contribution in [-0.2, 0) is 6.18 Å². The molecule has 22 heavy (non-hydrogen) atoms. The van der Waals surface area contributed by atoms with Crippen LogP contribution in [0.3, 0.4) is 0 Å². The first-order valence-electron chi connectivity index (χ1n) is 6.85. The maximum absolute atomic E-state index is 13.0. The molecule has 0 amide bonds. The lowest BCUT2D eigenvalue weighted by molar-refractivity contribution is -0.137. The van der Waals surface area contributed by atoms with Crippen LogP contribution < -0.4 is 5.32 Å². The highest BCUT2D eigenvalue weighted by Gasteiger charge is 2.34. The van der Waals surface area contributed by atoms with Crippen molar-refractivity contribution in [3.05, 3.63) is 35.7 Å². The van der Waals surface area contributed by atoms with Crippen molar-refractivity contribution in [2.45, 2.75) is 24.9 Å². The van der Waals surface area contributed by atoms with Gasteiger partial charge in [-0.15, -0.1) is 22.6 Å². The molecule has 1 fully saturated rings. The predicted octanol–water partition coefficient (Wildman–Crippen LogP) is 3.38. The normalized spacial score (nSPS) is 16.3. The molecule has 0 radical (unpaired) electrons. The lowest BCUT2D eigenvalue weighted by Gasteiger charge is -2.19. The number of H-pyrrole nitrogens is 1. The van der Waals surface area contributed by atoms with E-state index in [4.69, 9.17) is 0 Å². The zero-order chi connectivity index (χ0) is 14.9. The molecule has 4 nitrogen and oxygen atoms in total. The van der Waals surface area contributed by atoms with Crippen LogP contribution in [0.5, 0.6) is 0 Å². The van der Waals surface area contributed by atoms with E-state index in [-0.39, 0.29) is 29.7 Å². The first kappa shape index (κ1) is 16.8. The summed E-state index contributed by atoms with van der Waals surface area (Å²) in [6.45, 7) is 1.78. The lowest BCUT2D eigenvalue weighted by Crippen LogP contribution is -2.27. The molecule has 1 aromatic heterocycles. The Hall–Kier alpha value is -1.60. The van der Waals surface area contributed by atoms with Crippen LogP contribution in [0.1, 0.15) is 30.1 Å². The molecular formula is C14H16ClF3N4. The Labute approximate surface area is 131 Å². The first-order valence-corrected chi connectivity index (χ1v) is 6.85. The Morgan fingerprint density at radius 3 is 2.41 bits per heavy atom. The molecule has 1 saturated heterocycles. The zero-order valence-electron chi connectivity index (χ0n) is 11.7. The number of aromatic nitrogens is 3. The van der Waals surface area contributed by atoms with Gasteiger partial charge in [-0.3, -0.25) is 0 Å². The Kier molecular flexibility index (Phi) is 5.08. The molecule has 2 heterocycles. The van der Waals surface area contributed by atoms with E-state index in [2.05, 4.69) is 20.5 Å². The van der Waals surface area contributed by atoms with E-state index in [1.807, 2.05) is 0 Å². The van der Waals surface area contributed by atoms with E-state index >= 15 is 0 Å². The third-order valence-corrected chi connectivity index (χ3v) is 3.72. The Bertz CT molecular complexity index is 621. The van der Waals surface area contributed by atoms with Gasteiger partial charge in [0.05, 0.1) is 5.56 Å². The lowest BCUT2D eigenvalue weighted by atomic mass is 9.97. The Morgan fingerprint density at radius 1 is 1.05 bits per heavy atom. The van der Waals surface area contributed by atoms with Gasteiger partial charge in [0.15, 0.2) is 5.82 Å². The number of hydrogen-bond acceptors (Lipinski definition) is 3. The number of nitrogens with one attached hydrogen (secondary N) is 2. The molecule has 3 rings (SSSR count). The number of benzene rings is 1. The van der Waals surface area contributed by atoms with Gasteiger partial charge in [-0.1, -0.05) is 18.2 Å². The first-order chi connectivity index (χ1) is 10.1. The van der Waals surface area contributed by atoms with Crippen LogP contribution in [0.4, 0.5) is 13.2 Å². The molecule has 0 spiro atoms. The van der Waals surface area contributed by atoms with Crippen LogP contribution in [0.2, 0.25) is 0 Å². The molecule has 0 unspecified atom stereocenters. The molecule has 0 atom stereocenters. The highest BCUT2D eigenvalue weighted by atomic mass is 35.5. The Balaban J connectivity index is 0.00000176. The third kappa shape index (κ3) is 3.41. The van der Waals surface area contributed by atoms with Crippen LogP contribution >= 0.6 is 12.4 Å². The minimum absolute atomic E-state index is 0. The summed E-state index contributed by atoms with van der Waals surface area (Å²) in [6, 6.07) is 5.41. The fourth-order valence-corrected chi connectivity index (χ4v) is 2.61. The molecule has 0 saturated carbocycles. The second kappa shape index (κ2) is 6.66. The van der Waals surface area contributed by atoms with Gasteiger partial charge >= 0.3 is 6.18 Å². The van der Waals surface area contributed by atoms with Crippen molar-refractivity contribution in [3.63, 3.8) is 0 Å². The molecule has 2 N–H and O–H groups in total. The number of nitrogens with zero attached hydrogens (tertiary/aromatic N) is 2. The van der Waals surface area contributed by atoms with Gasteiger partial charge in [0.2, 0.25) is 0 Å². The second-order valence-corrected chi connectivity index (χ2v) is 5.13. The van der Waals surface area contributed by atoms with Crippen LogP contribution in [0.15, 0.2) is 24.3 Å². The number of halogens is 4. The van der Waals surface area contributed by atoms with E-state index in [1.165, 1.54) is 12.1 Å². The SMILES string of the molecule is Cl.FC(F)(F)c1ccccc1-c1nnc(C2CCNCC2)[nH]1. The second-order valence-electron chi connectivity index (χ2n) is 5.13. The van der Waals surface area contributed by atoms with Crippen molar-refractivity contribution in [1.82, 2.24) is 20.5 Å². The number of aromatic amines is 1. The van der Waals surface area contributed by atoms with Crippen LogP contribution in [0, 0.1) is 0 Å². The molecule has 0 aliphatic carbocycles. The maximum atomic E-state index is 13.0. The molecule has 8 heteroatoms. The smallest absolute Gasteiger partial charge is 0.325 e. The van der Waals surface area contributed by atoms with E-state index < -0.39 is 11.7 Å². The third-order valence-electron chi connectivity index (χ3n) is 3.72. The number of piperidine rings is 1. The fraction of sp³-hybridized carbons (Fsp3) is 0.429. The average Bonchev–Trinajstić information content (AvgIpc) is 2.97. The summed E-state index contributed by atoms with van der Waals surface area (Å²) >= 11 is 0. The van der Waals surface area contributed by atoms with Crippen molar-refractivity contribution in [1.29, 1.82) is 0 Å². The largest absolute Gasteiger partial charge is 0.417 e. The average molecular weight is 333 g/mol. The molecule has 0 bridgehead atoms. The molecular weight excluding hydrogens is 317 g/mol. The number of alkyl halides is 3. The molecule has 2 aromatic rings. The standard InChI is InChI=1S/C14H15F3N4.ClH/c15-14(16,17)11-4-2-1-3-10(11)13-19-12(20-21-13)9-5-7-18-8-6-9;/h1-4,9,18H,5-8H2,(H,19,20,21);1H. The number of hydrogen-bond donors (Lipinski definition) is 2. The van der Waals surface area contributed by atoms with Gasteiger partial charge in [-0.2, -0.15) is 13.2 Å². The van der Waals surface area contributed by atoms with Gasteiger partial charge in [0.1, 0.15) is 5.82 Å². The summed E-state index contributed by atoms with van der Waals surface area (Å²) in [5.74, 6) is 1.07. The highest BCUT2D eigenvalue weighted by Crippen LogP contribution is 2.36. The van der Waals surface area contributed by atoms with Crippen LogP contribution in [-0.4, -0.2) is 28.3 Å². The van der Waals surface area contributed by atoms with Crippen molar-refractivity contribution < 1.29 is 13.2 Å². The molecule has 120 valence electrons. The summed E-state index contributed by atoms with van der Waals surface area (Å²) in [6.07, 6.45) is -2.58. The topological polar surface area (TPSA) is 53.6 Å². The summed E-state index contributed by atoms with van der Waals surface area (Å²) in [5, 5.41) is 11.2. The van der Waals surface area contributed by atoms with Crippen LogP contribution in [0.25, 0.3) is 11.4 Å². The molecule has 1 aromatic carbocycles.